The van der Waals surface area contributed by atoms with Gasteiger partial charge in [-0.1, -0.05) is 42.2 Å². The van der Waals surface area contributed by atoms with Crippen LogP contribution in [-0.4, -0.2) is 51.1 Å². The van der Waals surface area contributed by atoms with Crippen molar-refractivity contribution in [1.29, 1.82) is 0 Å². The second-order valence-electron chi connectivity index (χ2n) is 8.08. The van der Waals surface area contributed by atoms with E-state index >= 15 is 0 Å². The van der Waals surface area contributed by atoms with E-state index < -0.39 is 10.0 Å². The maximum absolute atomic E-state index is 11.5. The van der Waals surface area contributed by atoms with E-state index in [1.807, 2.05) is 42.5 Å². The molecule has 0 saturated carbocycles. The van der Waals surface area contributed by atoms with Crippen molar-refractivity contribution in [1.82, 2.24) is 15.1 Å². The van der Waals surface area contributed by atoms with Crippen LogP contribution in [0, 0.1) is 11.8 Å². The van der Waals surface area contributed by atoms with Gasteiger partial charge in [0.25, 0.3) is 0 Å². The quantitative estimate of drug-likeness (QED) is 0.719. The Morgan fingerprint density at radius 1 is 1.10 bits per heavy atom. The standard InChI is InChI=1S/C24H28N4O2S/c1-19(21-9-11-23(12-10-21)31(25,29)30)28-17-22-16-27(15-13-24(22)26-18-28)14-5-8-20-6-3-2-4-7-20/h2-4,6-7,9-12,19,26H,13-18H2,1H3,(H2,25,29,30). The molecule has 3 N–H and O–H groups in total. The summed E-state index contributed by atoms with van der Waals surface area (Å²) in [5.74, 6) is 6.55. The molecule has 31 heavy (non-hydrogen) atoms. The Bertz CT molecular complexity index is 1120. The molecule has 0 fully saturated rings. The topological polar surface area (TPSA) is 78.7 Å². The number of hydrogen-bond donors (Lipinski definition) is 2. The van der Waals surface area contributed by atoms with Crippen molar-refractivity contribution < 1.29 is 8.42 Å². The number of rotatable bonds is 4. The summed E-state index contributed by atoms with van der Waals surface area (Å²) < 4.78 is 23.0. The van der Waals surface area contributed by atoms with Crippen molar-refractivity contribution in [3.63, 3.8) is 0 Å². The largest absolute Gasteiger partial charge is 0.375 e. The van der Waals surface area contributed by atoms with E-state index in [-0.39, 0.29) is 10.9 Å². The highest BCUT2D eigenvalue weighted by atomic mass is 32.2. The van der Waals surface area contributed by atoms with Crippen LogP contribution in [0.15, 0.2) is 70.8 Å². The molecule has 0 saturated heterocycles. The van der Waals surface area contributed by atoms with Crippen molar-refractivity contribution in [3.05, 3.63) is 77.0 Å². The van der Waals surface area contributed by atoms with E-state index in [0.29, 0.717) is 0 Å². The normalized spacial score (nSPS) is 18.5. The molecule has 2 aliphatic heterocycles. The second kappa shape index (κ2) is 9.25. The maximum Gasteiger partial charge on any atom is 0.238 e. The molecular formula is C24H28N4O2S. The van der Waals surface area contributed by atoms with E-state index in [9.17, 15) is 8.42 Å². The summed E-state index contributed by atoms with van der Waals surface area (Å²) in [6.07, 6.45) is 1.02. The summed E-state index contributed by atoms with van der Waals surface area (Å²) in [7, 11) is -3.67. The van der Waals surface area contributed by atoms with Crippen LogP contribution in [-0.2, 0) is 10.0 Å². The number of hydrogen-bond acceptors (Lipinski definition) is 5. The zero-order valence-electron chi connectivity index (χ0n) is 17.7. The van der Waals surface area contributed by atoms with E-state index in [2.05, 4.69) is 33.9 Å². The maximum atomic E-state index is 11.5. The highest BCUT2D eigenvalue weighted by Gasteiger charge is 2.27. The highest BCUT2D eigenvalue weighted by Crippen LogP contribution is 2.27. The number of primary sulfonamides is 1. The zero-order chi connectivity index (χ0) is 21.8. The first-order valence-corrected chi connectivity index (χ1v) is 12.0. The summed E-state index contributed by atoms with van der Waals surface area (Å²) >= 11 is 0. The predicted octanol–water partition coefficient (Wildman–Crippen LogP) is 2.27. The van der Waals surface area contributed by atoms with Gasteiger partial charge in [0.05, 0.1) is 18.1 Å². The Morgan fingerprint density at radius 2 is 1.84 bits per heavy atom. The summed E-state index contributed by atoms with van der Waals surface area (Å²) in [5.41, 5.74) is 4.89. The Labute approximate surface area is 184 Å². The molecule has 2 heterocycles. The molecule has 0 amide bonds. The first-order valence-electron chi connectivity index (χ1n) is 10.5. The molecule has 1 atom stereocenters. The van der Waals surface area contributed by atoms with Crippen LogP contribution >= 0.6 is 0 Å². The van der Waals surface area contributed by atoms with Gasteiger partial charge in [-0.3, -0.25) is 9.80 Å². The third-order valence-corrected chi connectivity index (χ3v) is 6.89. The molecule has 162 valence electrons. The van der Waals surface area contributed by atoms with Gasteiger partial charge in [-0.05, 0) is 48.7 Å². The molecule has 7 heteroatoms. The fourth-order valence-electron chi connectivity index (χ4n) is 4.08. The highest BCUT2D eigenvalue weighted by molar-refractivity contribution is 7.89. The number of nitrogens with one attached hydrogen (secondary N) is 1. The SMILES string of the molecule is CC(c1ccc(S(N)(=O)=O)cc1)N1CNC2=C(CN(CC#Cc3ccccc3)CC2)C1. The molecule has 0 aromatic heterocycles. The van der Waals surface area contributed by atoms with Crippen molar-refractivity contribution in [2.24, 2.45) is 5.14 Å². The smallest absolute Gasteiger partial charge is 0.238 e. The summed E-state index contributed by atoms with van der Waals surface area (Å²) in [5, 5.41) is 8.80. The van der Waals surface area contributed by atoms with Gasteiger partial charge in [0, 0.05) is 36.9 Å². The summed E-state index contributed by atoms with van der Waals surface area (Å²) in [6, 6.07) is 17.1. The minimum atomic E-state index is -3.67. The van der Waals surface area contributed by atoms with E-state index in [0.717, 1.165) is 50.4 Å². The molecule has 2 aliphatic rings. The van der Waals surface area contributed by atoms with Crippen LogP contribution in [0.3, 0.4) is 0 Å². The van der Waals surface area contributed by atoms with Crippen LogP contribution in [0.25, 0.3) is 0 Å². The van der Waals surface area contributed by atoms with Gasteiger partial charge in [0.1, 0.15) is 0 Å². The van der Waals surface area contributed by atoms with Crippen molar-refractivity contribution in [2.75, 3.05) is 32.8 Å². The molecule has 6 nitrogen and oxygen atoms in total. The Kier molecular flexibility index (Phi) is 6.44. The molecule has 2 aromatic rings. The van der Waals surface area contributed by atoms with E-state index in [1.165, 1.54) is 11.3 Å². The molecule has 0 radical (unpaired) electrons. The van der Waals surface area contributed by atoms with Gasteiger partial charge in [-0.25, -0.2) is 13.6 Å². The van der Waals surface area contributed by atoms with Gasteiger partial charge in [0.15, 0.2) is 0 Å². The lowest BCUT2D eigenvalue weighted by molar-refractivity contribution is 0.182. The van der Waals surface area contributed by atoms with Crippen molar-refractivity contribution in [2.45, 2.75) is 24.3 Å². The third kappa shape index (κ3) is 5.35. The first kappa shape index (κ1) is 21.6. The molecule has 0 aliphatic carbocycles. The lowest BCUT2D eigenvalue weighted by atomic mass is 10.0. The molecule has 0 spiro atoms. The van der Waals surface area contributed by atoms with Gasteiger partial charge >= 0.3 is 0 Å². The van der Waals surface area contributed by atoms with E-state index in [1.54, 1.807) is 12.1 Å². The van der Waals surface area contributed by atoms with Crippen molar-refractivity contribution >= 4 is 10.0 Å². The third-order valence-electron chi connectivity index (χ3n) is 5.96. The average molecular weight is 437 g/mol. The van der Waals surface area contributed by atoms with Gasteiger partial charge < -0.3 is 5.32 Å². The molecule has 2 aromatic carbocycles. The Balaban J connectivity index is 1.38. The van der Waals surface area contributed by atoms with Crippen molar-refractivity contribution in [3.8, 4) is 11.8 Å². The fraction of sp³-hybridized carbons (Fsp3) is 0.333. The summed E-state index contributed by atoms with van der Waals surface area (Å²) in [4.78, 5) is 4.90. The van der Waals surface area contributed by atoms with Gasteiger partial charge in [-0.15, -0.1) is 0 Å². The van der Waals surface area contributed by atoms with Crippen LogP contribution in [0.5, 0.6) is 0 Å². The van der Waals surface area contributed by atoms with Crippen LogP contribution < -0.4 is 10.5 Å². The minimum absolute atomic E-state index is 0.143. The number of benzene rings is 2. The monoisotopic (exact) mass is 436 g/mol. The van der Waals surface area contributed by atoms with Crippen LogP contribution in [0.2, 0.25) is 0 Å². The Morgan fingerprint density at radius 3 is 2.55 bits per heavy atom. The lowest BCUT2D eigenvalue weighted by Crippen LogP contribution is -2.47. The molecule has 0 bridgehead atoms. The number of sulfonamides is 1. The molecule has 1 unspecified atom stereocenters. The Hall–Kier alpha value is -2.63. The minimum Gasteiger partial charge on any atom is -0.375 e. The lowest BCUT2D eigenvalue weighted by Gasteiger charge is -2.40. The number of nitrogens with zero attached hydrogens (tertiary/aromatic N) is 2. The zero-order valence-corrected chi connectivity index (χ0v) is 18.5. The van der Waals surface area contributed by atoms with Crippen LogP contribution in [0.1, 0.15) is 30.5 Å². The fourth-order valence-corrected chi connectivity index (χ4v) is 4.59. The predicted molar refractivity (Wildman–Crippen MR) is 122 cm³/mol. The van der Waals surface area contributed by atoms with Crippen LogP contribution in [0.4, 0.5) is 0 Å². The molecule has 4 rings (SSSR count). The van der Waals surface area contributed by atoms with Gasteiger partial charge in [0.2, 0.25) is 10.0 Å². The van der Waals surface area contributed by atoms with E-state index in [4.69, 9.17) is 5.14 Å². The average Bonchev–Trinajstić information content (AvgIpc) is 2.78. The summed E-state index contributed by atoms with van der Waals surface area (Å²) in [6.45, 7) is 6.51. The number of nitrogens with two attached hydrogens (primary N) is 1. The first-order chi connectivity index (χ1) is 14.9. The second-order valence-corrected chi connectivity index (χ2v) is 9.64. The van der Waals surface area contributed by atoms with Gasteiger partial charge in [-0.2, -0.15) is 0 Å². The molecular weight excluding hydrogens is 408 g/mol.